The zero-order valence-electron chi connectivity index (χ0n) is 18.0. The molecule has 2 aromatic heterocycles. The third-order valence-electron chi connectivity index (χ3n) is 4.78. The molecule has 178 valence electrons. The van der Waals surface area contributed by atoms with E-state index in [2.05, 4.69) is 31.3 Å². The first kappa shape index (κ1) is 24.4. The molecule has 0 radical (unpaired) electrons. The number of amides is 1. The lowest BCUT2D eigenvalue weighted by Gasteiger charge is -2.12. The number of nitrogens with zero attached hydrogens (tertiary/aromatic N) is 4. The van der Waals surface area contributed by atoms with Gasteiger partial charge in [-0.1, -0.05) is 22.5 Å². The molecule has 0 aliphatic heterocycles. The number of carbonyl (C=O) groups excluding carboxylic acids is 1. The summed E-state index contributed by atoms with van der Waals surface area (Å²) >= 11 is 9.34. The number of carbonyl (C=O) groups is 1. The van der Waals surface area contributed by atoms with E-state index in [1.807, 2.05) is 6.07 Å². The molecule has 0 aliphatic carbocycles. The Hall–Kier alpha value is -3.72. The molecule has 35 heavy (non-hydrogen) atoms. The minimum atomic E-state index is -0.749. The summed E-state index contributed by atoms with van der Waals surface area (Å²) < 4.78 is 21.6. The third-order valence-corrected chi connectivity index (χ3v) is 5.62. The van der Waals surface area contributed by atoms with Gasteiger partial charge in [0.2, 0.25) is 0 Å². The van der Waals surface area contributed by atoms with Gasteiger partial charge in [0, 0.05) is 36.1 Å². The molecule has 2 aromatic carbocycles. The number of hydrogen-bond acceptors (Lipinski definition) is 7. The van der Waals surface area contributed by atoms with E-state index < -0.39 is 11.9 Å². The molecule has 0 fully saturated rings. The number of halogens is 3. The van der Waals surface area contributed by atoms with Gasteiger partial charge in [-0.25, -0.2) is 14.2 Å². The normalized spacial score (nSPS) is 10.7. The lowest BCUT2D eigenvalue weighted by Crippen LogP contribution is -2.35. The summed E-state index contributed by atoms with van der Waals surface area (Å²) in [5, 5.41) is 16.8. The Kier molecular flexibility index (Phi) is 7.45. The van der Waals surface area contributed by atoms with Crippen LogP contribution >= 0.6 is 27.5 Å². The second-order valence-electron chi connectivity index (χ2n) is 7.20. The molecule has 0 aliphatic rings. The molecule has 0 saturated carbocycles. The van der Waals surface area contributed by atoms with Gasteiger partial charge in [-0.05, 0) is 57.9 Å². The molecule has 9 nitrogen and oxygen atoms in total. The van der Waals surface area contributed by atoms with Crippen molar-refractivity contribution < 1.29 is 18.8 Å². The van der Waals surface area contributed by atoms with E-state index in [1.54, 1.807) is 24.3 Å². The fraction of sp³-hybridized carbons (Fsp3) is 0.130. The summed E-state index contributed by atoms with van der Waals surface area (Å²) in [6, 6.07) is 13.1. The maximum absolute atomic E-state index is 15.5. The predicted octanol–water partition coefficient (Wildman–Crippen LogP) is 4.34. The van der Waals surface area contributed by atoms with Gasteiger partial charge in [0.25, 0.3) is 0 Å². The van der Waals surface area contributed by atoms with Gasteiger partial charge >= 0.3 is 6.09 Å². The van der Waals surface area contributed by atoms with Crippen LogP contribution < -0.4 is 20.6 Å². The summed E-state index contributed by atoms with van der Waals surface area (Å²) in [5.74, 6) is -0.499. The molecule has 4 aromatic rings. The number of rotatable bonds is 7. The number of ether oxygens (including phenoxy) is 1. The highest BCUT2D eigenvalue weighted by Gasteiger charge is 2.20. The average molecular weight is 560 g/mol. The van der Waals surface area contributed by atoms with Gasteiger partial charge in [0.1, 0.15) is 5.75 Å². The van der Waals surface area contributed by atoms with Crippen molar-refractivity contribution in [3.05, 3.63) is 80.8 Å². The van der Waals surface area contributed by atoms with Crippen LogP contribution in [0.25, 0.3) is 11.0 Å². The Morgan fingerprint density at radius 3 is 2.91 bits per heavy atom. The van der Waals surface area contributed by atoms with E-state index >= 15 is 4.39 Å². The second-order valence-corrected chi connectivity index (χ2v) is 8.50. The molecule has 4 rings (SSSR count). The first-order valence-corrected chi connectivity index (χ1v) is 11.4. The van der Waals surface area contributed by atoms with Gasteiger partial charge in [-0.3, -0.25) is 4.84 Å². The molecule has 2 heterocycles. The zero-order valence-corrected chi connectivity index (χ0v) is 20.3. The Morgan fingerprint density at radius 2 is 2.14 bits per heavy atom. The number of aromatic nitrogens is 3. The van der Waals surface area contributed by atoms with Crippen LogP contribution in [0.2, 0.25) is 5.02 Å². The minimum Gasteiger partial charge on any atom is -0.453 e. The Balaban J connectivity index is 1.66. The van der Waals surface area contributed by atoms with Gasteiger partial charge in [0.05, 0.1) is 21.8 Å². The standard InChI is InChI=1S/C23H17BrClFN6O3/c24-18-4-3-14(20(26)21(18)34-16-9-13(12-28)8-15(25)11-16)10-19-17-2-1-6-29-22(17)32(31-19)35-23(33)30-7-5-27/h1-4,6,8-9,11H,5,7,10,27H2,(H,30,33). The summed E-state index contributed by atoms with van der Waals surface area (Å²) in [7, 11) is 0. The number of hydrogen-bond donors (Lipinski definition) is 2. The van der Waals surface area contributed by atoms with Gasteiger partial charge in [0.15, 0.2) is 17.2 Å². The quantitative estimate of drug-likeness (QED) is 0.345. The van der Waals surface area contributed by atoms with Crippen molar-refractivity contribution in [1.82, 2.24) is 20.2 Å². The molecule has 1 amide bonds. The Bertz CT molecular complexity index is 1460. The number of pyridine rings is 1. The number of nitrogens with one attached hydrogen (secondary N) is 1. The van der Waals surface area contributed by atoms with Crippen molar-refractivity contribution in [1.29, 1.82) is 5.26 Å². The zero-order chi connectivity index (χ0) is 24.9. The van der Waals surface area contributed by atoms with Crippen molar-refractivity contribution >= 4 is 44.7 Å². The highest BCUT2D eigenvalue weighted by Crippen LogP contribution is 2.36. The van der Waals surface area contributed by atoms with Crippen LogP contribution in [-0.2, 0) is 6.42 Å². The number of fused-ring (bicyclic) bond motifs is 1. The molecule has 3 N–H and O–H groups in total. The van der Waals surface area contributed by atoms with E-state index in [9.17, 15) is 4.79 Å². The molecule has 0 bridgehead atoms. The fourth-order valence-electron chi connectivity index (χ4n) is 3.25. The lowest BCUT2D eigenvalue weighted by molar-refractivity contribution is 0.121. The molecule has 0 unspecified atom stereocenters. The van der Waals surface area contributed by atoms with Gasteiger partial charge in [-0.15, -0.1) is 5.10 Å². The molecule has 0 saturated heterocycles. The molecule has 0 atom stereocenters. The molecule has 12 heteroatoms. The van der Waals surface area contributed by atoms with Crippen molar-refractivity contribution in [3.63, 3.8) is 0 Å². The topological polar surface area (TPSA) is 128 Å². The Labute approximate surface area is 212 Å². The number of benzene rings is 2. The van der Waals surface area contributed by atoms with Crippen LogP contribution in [0.1, 0.15) is 16.8 Å². The number of nitriles is 1. The molecular weight excluding hydrogens is 543 g/mol. The van der Waals surface area contributed by atoms with Crippen molar-refractivity contribution in [2.24, 2.45) is 5.73 Å². The predicted molar refractivity (Wildman–Crippen MR) is 130 cm³/mol. The largest absolute Gasteiger partial charge is 0.453 e. The number of nitrogens with two attached hydrogens (primary N) is 1. The summed E-state index contributed by atoms with van der Waals surface area (Å²) in [6.07, 6.45) is 0.830. The van der Waals surface area contributed by atoms with E-state index in [0.717, 1.165) is 4.85 Å². The molecular formula is C23H17BrClFN6O3. The van der Waals surface area contributed by atoms with Crippen LogP contribution in [-0.4, -0.2) is 34.1 Å². The van der Waals surface area contributed by atoms with Crippen molar-refractivity contribution in [2.45, 2.75) is 6.42 Å². The van der Waals surface area contributed by atoms with E-state index in [4.69, 9.17) is 32.2 Å². The third kappa shape index (κ3) is 5.51. The Morgan fingerprint density at radius 1 is 1.31 bits per heavy atom. The minimum absolute atomic E-state index is 0.0530. The van der Waals surface area contributed by atoms with E-state index in [0.29, 0.717) is 21.2 Å². The van der Waals surface area contributed by atoms with Crippen molar-refractivity contribution in [2.75, 3.05) is 13.1 Å². The first-order chi connectivity index (χ1) is 16.9. The van der Waals surface area contributed by atoms with Gasteiger partial charge in [-0.2, -0.15) is 5.26 Å². The lowest BCUT2D eigenvalue weighted by atomic mass is 10.1. The highest BCUT2D eigenvalue weighted by atomic mass is 79.9. The van der Waals surface area contributed by atoms with Crippen LogP contribution in [0.4, 0.5) is 9.18 Å². The van der Waals surface area contributed by atoms with Crippen molar-refractivity contribution in [3.8, 4) is 17.6 Å². The maximum Gasteiger partial charge on any atom is 0.433 e. The van der Waals surface area contributed by atoms with Gasteiger partial charge < -0.3 is 15.8 Å². The van der Waals surface area contributed by atoms with E-state index in [1.165, 1.54) is 24.4 Å². The van der Waals surface area contributed by atoms with Crippen LogP contribution in [0.15, 0.2) is 53.1 Å². The average Bonchev–Trinajstić information content (AvgIpc) is 3.18. The smallest absolute Gasteiger partial charge is 0.433 e. The highest BCUT2D eigenvalue weighted by molar-refractivity contribution is 9.10. The van der Waals surface area contributed by atoms with Crippen LogP contribution in [0.5, 0.6) is 11.5 Å². The molecule has 0 spiro atoms. The van der Waals surface area contributed by atoms with E-state index in [-0.39, 0.29) is 47.2 Å². The maximum atomic E-state index is 15.5. The summed E-state index contributed by atoms with van der Waals surface area (Å²) in [5.41, 5.74) is 6.66. The summed E-state index contributed by atoms with van der Waals surface area (Å²) in [4.78, 5) is 22.4. The fourth-order valence-corrected chi connectivity index (χ4v) is 3.86. The second kappa shape index (κ2) is 10.7. The summed E-state index contributed by atoms with van der Waals surface area (Å²) in [6.45, 7) is 0.479. The SMILES string of the molecule is N#Cc1cc(Cl)cc(Oc2c(Br)ccc(Cc3nn(OC(=O)NCCN)c4ncccc34)c2F)c1. The first-order valence-electron chi connectivity index (χ1n) is 10.2. The van der Waals surface area contributed by atoms with Crippen LogP contribution in [0.3, 0.4) is 0 Å². The monoisotopic (exact) mass is 558 g/mol. The van der Waals surface area contributed by atoms with Crippen LogP contribution in [0, 0.1) is 17.1 Å².